The standard InChI is InChI=1S/C16H21N3O2.ClH/c17-10-11-5-7-19(8-6-11)16(21)13-1-3-14-12(9-13)2-4-15(20)18-14;/h1,3,9,11H,2,4-8,10,17H2,(H,18,20);1H. The second-order valence-corrected chi connectivity index (χ2v) is 5.89. The first-order chi connectivity index (χ1) is 10.2. The fraction of sp³-hybridized carbons (Fsp3) is 0.500. The molecular weight excluding hydrogens is 302 g/mol. The molecule has 3 N–H and O–H groups in total. The number of nitrogens with two attached hydrogens (primary N) is 1. The summed E-state index contributed by atoms with van der Waals surface area (Å²) in [7, 11) is 0. The lowest BCUT2D eigenvalue weighted by atomic mass is 9.96. The van der Waals surface area contributed by atoms with E-state index in [-0.39, 0.29) is 24.2 Å². The summed E-state index contributed by atoms with van der Waals surface area (Å²) in [4.78, 5) is 25.8. The number of halogens is 1. The third kappa shape index (κ3) is 3.42. The van der Waals surface area contributed by atoms with Crippen LogP contribution in [-0.4, -0.2) is 36.3 Å². The zero-order valence-electron chi connectivity index (χ0n) is 12.5. The van der Waals surface area contributed by atoms with Gasteiger partial charge >= 0.3 is 0 Å². The van der Waals surface area contributed by atoms with Crippen molar-refractivity contribution in [3.8, 4) is 0 Å². The number of rotatable bonds is 2. The Balaban J connectivity index is 0.00000176. The maximum atomic E-state index is 12.6. The summed E-state index contributed by atoms with van der Waals surface area (Å²) in [5, 5.41) is 2.84. The highest BCUT2D eigenvalue weighted by molar-refractivity contribution is 5.98. The predicted molar refractivity (Wildman–Crippen MR) is 88.3 cm³/mol. The van der Waals surface area contributed by atoms with E-state index >= 15 is 0 Å². The molecule has 3 rings (SSSR count). The molecule has 0 atom stereocenters. The van der Waals surface area contributed by atoms with Crippen LogP contribution >= 0.6 is 12.4 Å². The Morgan fingerprint density at radius 1 is 1.27 bits per heavy atom. The highest BCUT2D eigenvalue weighted by Gasteiger charge is 2.24. The molecule has 6 heteroatoms. The van der Waals surface area contributed by atoms with Crippen LogP contribution in [0.1, 0.15) is 35.2 Å². The first-order valence-corrected chi connectivity index (χ1v) is 7.59. The van der Waals surface area contributed by atoms with Gasteiger partial charge in [0.25, 0.3) is 5.91 Å². The Labute approximate surface area is 136 Å². The number of hydrogen-bond donors (Lipinski definition) is 2. The van der Waals surface area contributed by atoms with Crippen LogP contribution in [0.15, 0.2) is 18.2 Å². The van der Waals surface area contributed by atoms with Gasteiger partial charge in [0.1, 0.15) is 0 Å². The summed E-state index contributed by atoms with van der Waals surface area (Å²) in [6.45, 7) is 2.28. The lowest BCUT2D eigenvalue weighted by Crippen LogP contribution is -2.40. The summed E-state index contributed by atoms with van der Waals surface area (Å²) in [6.07, 6.45) is 3.18. The number of anilines is 1. The minimum absolute atomic E-state index is 0. The van der Waals surface area contributed by atoms with Gasteiger partial charge in [-0.3, -0.25) is 9.59 Å². The van der Waals surface area contributed by atoms with E-state index in [1.54, 1.807) is 0 Å². The van der Waals surface area contributed by atoms with Crippen molar-refractivity contribution < 1.29 is 9.59 Å². The molecule has 0 saturated carbocycles. The largest absolute Gasteiger partial charge is 0.339 e. The van der Waals surface area contributed by atoms with Crippen molar-refractivity contribution in [3.05, 3.63) is 29.3 Å². The van der Waals surface area contributed by atoms with E-state index in [0.717, 1.165) is 42.7 Å². The maximum absolute atomic E-state index is 12.6. The Morgan fingerprint density at radius 3 is 2.68 bits per heavy atom. The molecule has 1 aromatic carbocycles. The summed E-state index contributed by atoms with van der Waals surface area (Å²) in [5.41, 5.74) is 8.29. The molecule has 1 saturated heterocycles. The Hall–Kier alpha value is -1.59. The van der Waals surface area contributed by atoms with Gasteiger partial charge in [-0.25, -0.2) is 0 Å². The van der Waals surface area contributed by atoms with Crippen molar-refractivity contribution in [1.29, 1.82) is 0 Å². The molecule has 2 aliphatic rings. The molecule has 1 aromatic rings. The molecule has 0 aromatic heterocycles. The van der Waals surface area contributed by atoms with Gasteiger partial charge in [-0.05, 0) is 55.5 Å². The second-order valence-electron chi connectivity index (χ2n) is 5.89. The van der Waals surface area contributed by atoms with Gasteiger partial charge in [-0.15, -0.1) is 12.4 Å². The van der Waals surface area contributed by atoms with Gasteiger partial charge in [0.05, 0.1) is 0 Å². The fourth-order valence-electron chi connectivity index (χ4n) is 3.07. The molecular formula is C16H22ClN3O2. The number of fused-ring (bicyclic) bond motifs is 1. The van der Waals surface area contributed by atoms with E-state index in [1.165, 1.54) is 0 Å². The van der Waals surface area contributed by atoms with Crippen LogP contribution in [0.2, 0.25) is 0 Å². The van der Waals surface area contributed by atoms with E-state index in [0.29, 0.717) is 25.3 Å². The number of nitrogens with one attached hydrogen (secondary N) is 1. The third-order valence-corrected chi connectivity index (χ3v) is 4.48. The van der Waals surface area contributed by atoms with Crippen LogP contribution in [0.25, 0.3) is 0 Å². The second kappa shape index (κ2) is 7.11. The Bertz CT molecular complexity index is 569. The van der Waals surface area contributed by atoms with Crippen molar-refractivity contribution in [2.45, 2.75) is 25.7 Å². The van der Waals surface area contributed by atoms with Crippen molar-refractivity contribution in [3.63, 3.8) is 0 Å². The molecule has 1 fully saturated rings. The van der Waals surface area contributed by atoms with E-state index in [1.807, 2.05) is 23.1 Å². The number of likely N-dealkylation sites (tertiary alicyclic amines) is 1. The number of nitrogens with zero attached hydrogens (tertiary/aromatic N) is 1. The average molecular weight is 324 g/mol. The molecule has 120 valence electrons. The zero-order valence-corrected chi connectivity index (χ0v) is 13.3. The van der Waals surface area contributed by atoms with Gasteiger partial charge < -0.3 is 16.0 Å². The van der Waals surface area contributed by atoms with Crippen LogP contribution in [0.5, 0.6) is 0 Å². The number of piperidine rings is 1. The number of hydrogen-bond acceptors (Lipinski definition) is 3. The predicted octanol–water partition coefficient (Wildman–Crippen LogP) is 1.80. The molecule has 5 nitrogen and oxygen atoms in total. The van der Waals surface area contributed by atoms with Crippen LogP contribution in [0, 0.1) is 5.92 Å². The molecule has 2 heterocycles. The summed E-state index contributed by atoms with van der Waals surface area (Å²) in [5.74, 6) is 0.684. The van der Waals surface area contributed by atoms with Crippen LogP contribution < -0.4 is 11.1 Å². The quantitative estimate of drug-likeness (QED) is 0.871. The highest BCUT2D eigenvalue weighted by Crippen LogP contribution is 2.25. The minimum atomic E-state index is 0. The van der Waals surface area contributed by atoms with Gasteiger partial charge in [-0.1, -0.05) is 0 Å². The summed E-state index contributed by atoms with van der Waals surface area (Å²) in [6, 6.07) is 5.57. The minimum Gasteiger partial charge on any atom is -0.339 e. The Morgan fingerprint density at radius 2 is 2.00 bits per heavy atom. The average Bonchev–Trinajstić information content (AvgIpc) is 2.53. The molecule has 0 spiro atoms. The van der Waals surface area contributed by atoms with E-state index in [2.05, 4.69) is 5.32 Å². The zero-order chi connectivity index (χ0) is 14.8. The van der Waals surface area contributed by atoms with E-state index < -0.39 is 0 Å². The molecule has 0 bridgehead atoms. The SMILES string of the molecule is Cl.NCC1CCN(C(=O)c2ccc3c(c2)CCC(=O)N3)CC1. The van der Waals surface area contributed by atoms with Crippen molar-refractivity contribution >= 4 is 29.9 Å². The monoisotopic (exact) mass is 323 g/mol. The Kier molecular flexibility index (Phi) is 5.42. The normalized spacial score (nSPS) is 18.2. The number of amides is 2. The molecule has 0 aliphatic carbocycles. The number of carbonyl (C=O) groups is 2. The third-order valence-electron chi connectivity index (χ3n) is 4.48. The van der Waals surface area contributed by atoms with Gasteiger partial charge in [-0.2, -0.15) is 0 Å². The summed E-state index contributed by atoms with van der Waals surface area (Å²) < 4.78 is 0. The molecule has 2 aliphatic heterocycles. The molecule has 0 radical (unpaired) electrons. The number of benzene rings is 1. The van der Waals surface area contributed by atoms with Crippen LogP contribution in [-0.2, 0) is 11.2 Å². The number of carbonyl (C=O) groups excluding carboxylic acids is 2. The first kappa shape index (κ1) is 16.8. The first-order valence-electron chi connectivity index (χ1n) is 7.59. The molecule has 2 amide bonds. The highest BCUT2D eigenvalue weighted by atomic mass is 35.5. The smallest absolute Gasteiger partial charge is 0.253 e. The van der Waals surface area contributed by atoms with Crippen molar-refractivity contribution in [2.24, 2.45) is 11.7 Å². The van der Waals surface area contributed by atoms with Crippen LogP contribution in [0.3, 0.4) is 0 Å². The lowest BCUT2D eigenvalue weighted by Gasteiger charge is -2.31. The van der Waals surface area contributed by atoms with E-state index in [9.17, 15) is 9.59 Å². The van der Waals surface area contributed by atoms with Gasteiger partial charge in [0.2, 0.25) is 5.91 Å². The number of aryl methyl sites for hydroxylation is 1. The van der Waals surface area contributed by atoms with Crippen molar-refractivity contribution in [1.82, 2.24) is 4.90 Å². The summed E-state index contributed by atoms with van der Waals surface area (Å²) >= 11 is 0. The lowest BCUT2D eigenvalue weighted by molar-refractivity contribution is -0.116. The molecule has 0 unspecified atom stereocenters. The van der Waals surface area contributed by atoms with Crippen molar-refractivity contribution in [2.75, 3.05) is 25.0 Å². The topological polar surface area (TPSA) is 75.4 Å². The van der Waals surface area contributed by atoms with Gasteiger partial charge in [0.15, 0.2) is 0 Å². The fourth-order valence-corrected chi connectivity index (χ4v) is 3.07. The van der Waals surface area contributed by atoms with Crippen LogP contribution in [0.4, 0.5) is 5.69 Å². The van der Waals surface area contributed by atoms with Gasteiger partial charge in [0, 0.05) is 30.8 Å². The maximum Gasteiger partial charge on any atom is 0.253 e. The molecule has 22 heavy (non-hydrogen) atoms. The van der Waals surface area contributed by atoms with E-state index in [4.69, 9.17) is 5.73 Å².